The third-order valence-electron chi connectivity index (χ3n) is 3.41. The van der Waals surface area contributed by atoms with Crippen molar-refractivity contribution in [3.05, 3.63) is 58.9 Å². The van der Waals surface area contributed by atoms with E-state index in [2.05, 4.69) is 15.0 Å². The van der Waals surface area contributed by atoms with Gasteiger partial charge in [0.25, 0.3) is 5.56 Å². The SMILES string of the molecule is CC(C)c1c(-c2cccc3ccncc23)nc[nH]c1=O. The first kappa shape index (κ1) is 12.5. The minimum atomic E-state index is -0.0779. The number of hydrogen-bond acceptors (Lipinski definition) is 3. The van der Waals surface area contributed by atoms with Crippen molar-refractivity contribution in [1.82, 2.24) is 15.0 Å². The maximum atomic E-state index is 12.1. The molecular formula is C16H15N3O. The van der Waals surface area contributed by atoms with Crippen LogP contribution in [0.3, 0.4) is 0 Å². The Labute approximate surface area is 116 Å². The topological polar surface area (TPSA) is 58.6 Å². The van der Waals surface area contributed by atoms with Crippen molar-refractivity contribution in [2.24, 2.45) is 0 Å². The van der Waals surface area contributed by atoms with Crippen LogP contribution >= 0.6 is 0 Å². The maximum absolute atomic E-state index is 12.1. The molecule has 0 fully saturated rings. The molecule has 100 valence electrons. The van der Waals surface area contributed by atoms with E-state index in [-0.39, 0.29) is 11.5 Å². The molecule has 0 bridgehead atoms. The van der Waals surface area contributed by atoms with Gasteiger partial charge in [-0.2, -0.15) is 0 Å². The third kappa shape index (κ3) is 1.99. The monoisotopic (exact) mass is 265 g/mol. The van der Waals surface area contributed by atoms with E-state index in [4.69, 9.17) is 0 Å². The molecule has 0 aliphatic rings. The van der Waals surface area contributed by atoms with Gasteiger partial charge in [-0.1, -0.05) is 32.0 Å². The summed E-state index contributed by atoms with van der Waals surface area (Å²) in [5.74, 6) is 0.106. The average Bonchev–Trinajstić information content (AvgIpc) is 2.46. The molecule has 2 aromatic heterocycles. The number of H-pyrrole nitrogens is 1. The lowest BCUT2D eigenvalue weighted by atomic mass is 9.95. The van der Waals surface area contributed by atoms with Crippen LogP contribution in [0.4, 0.5) is 0 Å². The summed E-state index contributed by atoms with van der Waals surface area (Å²) in [5, 5.41) is 2.10. The van der Waals surface area contributed by atoms with E-state index in [0.29, 0.717) is 5.56 Å². The second-order valence-electron chi connectivity index (χ2n) is 5.05. The predicted octanol–water partition coefficient (Wildman–Crippen LogP) is 3.11. The van der Waals surface area contributed by atoms with Gasteiger partial charge in [-0.25, -0.2) is 4.98 Å². The Morgan fingerprint density at radius 3 is 2.85 bits per heavy atom. The number of aromatic amines is 1. The predicted molar refractivity (Wildman–Crippen MR) is 79.7 cm³/mol. The van der Waals surface area contributed by atoms with Gasteiger partial charge in [0.05, 0.1) is 12.0 Å². The van der Waals surface area contributed by atoms with Crippen molar-refractivity contribution in [3.8, 4) is 11.3 Å². The van der Waals surface area contributed by atoms with Gasteiger partial charge in [0, 0.05) is 28.9 Å². The fourth-order valence-electron chi connectivity index (χ4n) is 2.48. The summed E-state index contributed by atoms with van der Waals surface area (Å²) in [6.45, 7) is 4.00. The Bertz CT molecular complexity index is 816. The highest BCUT2D eigenvalue weighted by Crippen LogP contribution is 2.30. The van der Waals surface area contributed by atoms with E-state index in [0.717, 1.165) is 22.0 Å². The molecule has 0 amide bonds. The van der Waals surface area contributed by atoms with E-state index in [9.17, 15) is 4.79 Å². The highest BCUT2D eigenvalue weighted by atomic mass is 16.1. The minimum Gasteiger partial charge on any atom is -0.313 e. The number of benzene rings is 1. The second kappa shape index (κ2) is 4.89. The summed E-state index contributed by atoms with van der Waals surface area (Å²) in [4.78, 5) is 23.3. The maximum Gasteiger partial charge on any atom is 0.254 e. The Hall–Kier alpha value is -2.49. The van der Waals surface area contributed by atoms with Crippen LogP contribution in [0.1, 0.15) is 25.3 Å². The van der Waals surface area contributed by atoms with Crippen LogP contribution in [-0.4, -0.2) is 15.0 Å². The molecule has 0 radical (unpaired) electrons. The number of hydrogen-bond donors (Lipinski definition) is 1. The van der Waals surface area contributed by atoms with Crippen molar-refractivity contribution < 1.29 is 0 Å². The van der Waals surface area contributed by atoms with Gasteiger partial charge in [0.2, 0.25) is 0 Å². The number of pyridine rings is 1. The summed E-state index contributed by atoms with van der Waals surface area (Å²) in [6, 6.07) is 7.95. The Morgan fingerprint density at radius 2 is 2.05 bits per heavy atom. The summed E-state index contributed by atoms with van der Waals surface area (Å²) >= 11 is 0. The number of nitrogens with zero attached hydrogens (tertiary/aromatic N) is 2. The zero-order valence-electron chi connectivity index (χ0n) is 11.4. The zero-order valence-corrected chi connectivity index (χ0v) is 11.4. The number of fused-ring (bicyclic) bond motifs is 1. The van der Waals surface area contributed by atoms with Crippen molar-refractivity contribution in [2.45, 2.75) is 19.8 Å². The Kier molecular flexibility index (Phi) is 3.06. The number of rotatable bonds is 2. The molecule has 20 heavy (non-hydrogen) atoms. The summed E-state index contributed by atoms with van der Waals surface area (Å²) in [6.07, 6.45) is 5.04. The van der Waals surface area contributed by atoms with E-state index in [1.54, 1.807) is 6.20 Å². The van der Waals surface area contributed by atoms with Gasteiger partial charge < -0.3 is 4.98 Å². The number of aromatic nitrogens is 3. The molecule has 0 spiro atoms. The molecule has 0 saturated heterocycles. The van der Waals surface area contributed by atoms with E-state index in [1.807, 2.05) is 44.3 Å². The van der Waals surface area contributed by atoms with Crippen molar-refractivity contribution in [1.29, 1.82) is 0 Å². The standard InChI is InChI=1S/C16H15N3O/c1-10(2)14-15(18-9-19-16(14)20)12-5-3-4-11-6-7-17-8-13(11)12/h3-10H,1-2H3,(H,18,19,20). The molecule has 4 heteroatoms. The van der Waals surface area contributed by atoms with E-state index < -0.39 is 0 Å². The van der Waals surface area contributed by atoms with Crippen LogP contribution in [0, 0.1) is 0 Å². The van der Waals surface area contributed by atoms with E-state index >= 15 is 0 Å². The lowest BCUT2D eigenvalue weighted by molar-refractivity contribution is 0.834. The first-order valence-corrected chi connectivity index (χ1v) is 6.59. The summed E-state index contributed by atoms with van der Waals surface area (Å²) in [5.41, 5.74) is 2.32. The van der Waals surface area contributed by atoms with Gasteiger partial charge in [-0.15, -0.1) is 0 Å². The van der Waals surface area contributed by atoms with Crippen LogP contribution in [-0.2, 0) is 0 Å². The van der Waals surface area contributed by atoms with E-state index in [1.165, 1.54) is 6.33 Å². The molecule has 1 aromatic carbocycles. The first-order chi connectivity index (χ1) is 9.68. The molecule has 0 aliphatic heterocycles. The lowest BCUT2D eigenvalue weighted by Gasteiger charge is -2.12. The molecule has 0 saturated carbocycles. The van der Waals surface area contributed by atoms with Crippen molar-refractivity contribution in [3.63, 3.8) is 0 Å². The van der Waals surface area contributed by atoms with Crippen LogP contribution in [0.15, 0.2) is 47.8 Å². The molecular weight excluding hydrogens is 250 g/mol. The molecule has 2 heterocycles. The Balaban J connectivity index is 2.38. The van der Waals surface area contributed by atoms with Crippen LogP contribution in [0.5, 0.6) is 0 Å². The highest BCUT2D eigenvalue weighted by Gasteiger charge is 2.15. The summed E-state index contributed by atoms with van der Waals surface area (Å²) in [7, 11) is 0. The second-order valence-corrected chi connectivity index (χ2v) is 5.05. The summed E-state index contributed by atoms with van der Waals surface area (Å²) < 4.78 is 0. The van der Waals surface area contributed by atoms with Crippen LogP contribution < -0.4 is 5.56 Å². The average molecular weight is 265 g/mol. The van der Waals surface area contributed by atoms with Gasteiger partial charge in [0.15, 0.2) is 0 Å². The molecule has 0 atom stereocenters. The van der Waals surface area contributed by atoms with Crippen LogP contribution in [0.25, 0.3) is 22.0 Å². The molecule has 1 N–H and O–H groups in total. The van der Waals surface area contributed by atoms with Gasteiger partial charge in [-0.3, -0.25) is 9.78 Å². The molecule has 0 aliphatic carbocycles. The molecule has 4 nitrogen and oxygen atoms in total. The smallest absolute Gasteiger partial charge is 0.254 e. The first-order valence-electron chi connectivity index (χ1n) is 6.59. The zero-order chi connectivity index (χ0) is 14.1. The van der Waals surface area contributed by atoms with Crippen molar-refractivity contribution in [2.75, 3.05) is 0 Å². The number of nitrogens with one attached hydrogen (secondary N) is 1. The normalized spacial score (nSPS) is 11.2. The molecule has 3 rings (SSSR count). The van der Waals surface area contributed by atoms with Crippen molar-refractivity contribution >= 4 is 10.8 Å². The highest BCUT2D eigenvalue weighted by molar-refractivity contribution is 5.95. The largest absolute Gasteiger partial charge is 0.313 e. The third-order valence-corrected chi connectivity index (χ3v) is 3.41. The quantitative estimate of drug-likeness (QED) is 0.774. The fourth-order valence-corrected chi connectivity index (χ4v) is 2.48. The van der Waals surface area contributed by atoms with Gasteiger partial charge in [0.1, 0.15) is 0 Å². The van der Waals surface area contributed by atoms with Gasteiger partial charge >= 0.3 is 0 Å². The minimum absolute atomic E-state index is 0.0779. The molecule has 0 unspecified atom stereocenters. The molecule has 3 aromatic rings. The Morgan fingerprint density at radius 1 is 1.20 bits per heavy atom. The fraction of sp³-hybridized carbons (Fsp3) is 0.188. The van der Waals surface area contributed by atoms with Gasteiger partial charge in [-0.05, 0) is 17.4 Å². The van der Waals surface area contributed by atoms with Crippen LogP contribution in [0.2, 0.25) is 0 Å². The lowest BCUT2D eigenvalue weighted by Crippen LogP contribution is -2.16.